The Morgan fingerprint density at radius 1 is 1.08 bits per heavy atom. The molecule has 3 N–H and O–H groups in total. The van der Waals surface area contributed by atoms with E-state index in [9.17, 15) is 22.8 Å². The Morgan fingerprint density at radius 3 is 2.42 bits per heavy atom. The van der Waals surface area contributed by atoms with E-state index in [0.717, 1.165) is 29.8 Å². The van der Waals surface area contributed by atoms with Crippen molar-refractivity contribution < 1.29 is 22.8 Å². The molecule has 0 bridgehead atoms. The van der Waals surface area contributed by atoms with Crippen molar-refractivity contribution in [3.05, 3.63) is 45.8 Å². The quantitative estimate of drug-likeness (QED) is 0.497. The normalized spacial score (nSPS) is 18.6. The molecule has 1 aromatic carbocycles. The minimum atomic E-state index is -3.63. The van der Waals surface area contributed by atoms with Gasteiger partial charge >= 0.3 is 6.03 Å². The lowest BCUT2D eigenvalue weighted by Crippen LogP contribution is -2.39. The molecule has 10 nitrogen and oxygen atoms in total. The van der Waals surface area contributed by atoms with Crippen LogP contribution in [0.1, 0.15) is 64.8 Å². The number of carbonyl (C=O) groups excluding carboxylic acids is 3. The third-order valence-corrected chi connectivity index (χ3v) is 10.1. The van der Waals surface area contributed by atoms with E-state index in [-0.39, 0.29) is 10.5 Å². The molecule has 1 aromatic heterocycles. The molecule has 1 saturated heterocycles. The Labute approximate surface area is 227 Å². The summed E-state index contributed by atoms with van der Waals surface area (Å²) < 4.78 is 27.6. The van der Waals surface area contributed by atoms with Crippen LogP contribution in [0, 0.1) is 5.92 Å². The van der Waals surface area contributed by atoms with Gasteiger partial charge in [0.2, 0.25) is 10.0 Å². The Balaban J connectivity index is 1.57. The fraction of sp³-hybridized carbons (Fsp3) is 0.500. The van der Waals surface area contributed by atoms with Gasteiger partial charge in [-0.05, 0) is 68.9 Å². The molecule has 0 spiro atoms. The minimum absolute atomic E-state index is 0.147. The Morgan fingerprint density at radius 2 is 1.79 bits per heavy atom. The van der Waals surface area contributed by atoms with Crippen molar-refractivity contribution in [3.8, 4) is 0 Å². The maximum absolute atomic E-state index is 13.2. The molecule has 0 radical (unpaired) electrons. The number of rotatable bonds is 6. The monoisotopic (exact) mass is 561 g/mol. The molecule has 3 heterocycles. The maximum Gasteiger partial charge on any atom is 0.321 e. The van der Waals surface area contributed by atoms with Crippen molar-refractivity contribution in [2.75, 3.05) is 32.0 Å². The van der Waals surface area contributed by atoms with Crippen molar-refractivity contribution in [3.63, 3.8) is 0 Å². The van der Waals surface area contributed by atoms with Crippen molar-refractivity contribution >= 4 is 44.2 Å². The van der Waals surface area contributed by atoms with Crippen LogP contribution >= 0.6 is 11.3 Å². The van der Waals surface area contributed by atoms with Crippen LogP contribution in [0.15, 0.2) is 29.2 Å². The summed E-state index contributed by atoms with van der Waals surface area (Å²) in [6.07, 6.45) is 2.46. The molecule has 0 aliphatic carbocycles. The summed E-state index contributed by atoms with van der Waals surface area (Å²) in [5.41, 5.74) is 1.40. The summed E-state index contributed by atoms with van der Waals surface area (Å²) in [5.74, 6) is -0.733. The number of benzene rings is 1. The van der Waals surface area contributed by atoms with Crippen LogP contribution in [0.3, 0.4) is 0 Å². The van der Waals surface area contributed by atoms with E-state index in [1.165, 1.54) is 47.0 Å². The number of nitrogens with one attached hydrogen (secondary N) is 3. The first-order valence-electron chi connectivity index (χ1n) is 12.8. The fourth-order valence-corrected chi connectivity index (χ4v) is 7.75. The summed E-state index contributed by atoms with van der Waals surface area (Å²) >= 11 is 1.33. The van der Waals surface area contributed by atoms with Crippen molar-refractivity contribution in [2.45, 2.75) is 57.5 Å². The first-order valence-corrected chi connectivity index (χ1v) is 15.1. The molecule has 38 heavy (non-hydrogen) atoms. The summed E-state index contributed by atoms with van der Waals surface area (Å²) in [6, 6.07) is 5.55. The minimum Gasteiger partial charge on any atom is -0.341 e. The third-order valence-electron chi connectivity index (χ3n) is 7.10. The highest BCUT2D eigenvalue weighted by atomic mass is 32.2. The molecule has 0 saturated carbocycles. The molecule has 2 aliphatic heterocycles. The van der Waals surface area contributed by atoms with Gasteiger partial charge in [0.15, 0.2) is 0 Å². The molecule has 4 amide bonds. The molecule has 2 aromatic rings. The predicted molar refractivity (Wildman–Crippen MR) is 147 cm³/mol. The van der Waals surface area contributed by atoms with Gasteiger partial charge in [-0.1, -0.05) is 6.92 Å². The third kappa shape index (κ3) is 5.93. The number of piperidine rings is 1. The number of imide groups is 1. The van der Waals surface area contributed by atoms with Crippen molar-refractivity contribution in [1.29, 1.82) is 0 Å². The highest BCUT2D eigenvalue weighted by Gasteiger charge is 2.31. The van der Waals surface area contributed by atoms with Crippen molar-refractivity contribution in [2.24, 2.45) is 5.92 Å². The Bertz CT molecular complexity index is 1320. The topological polar surface area (TPSA) is 128 Å². The smallest absolute Gasteiger partial charge is 0.321 e. The van der Waals surface area contributed by atoms with Crippen molar-refractivity contribution in [1.82, 2.24) is 19.8 Å². The second-order valence-electron chi connectivity index (χ2n) is 10.1. The number of carbonyl (C=O) groups is 3. The molecule has 1 atom stereocenters. The number of urea groups is 1. The lowest BCUT2D eigenvalue weighted by Gasteiger charge is -2.30. The van der Waals surface area contributed by atoms with Crippen LogP contribution in [0.4, 0.5) is 9.80 Å². The SMILES string of the molecule is CNC(=O)NC(=O)c1c(NC(=O)c2ccc(S(=O)(=O)N3CCCC(C)C3)cc2)sc2c1CCN(C(C)C)C2. The van der Waals surface area contributed by atoms with Gasteiger partial charge in [0, 0.05) is 49.7 Å². The van der Waals surface area contributed by atoms with Gasteiger partial charge in [-0.15, -0.1) is 11.3 Å². The second-order valence-corrected chi connectivity index (χ2v) is 13.2. The number of anilines is 1. The highest BCUT2D eigenvalue weighted by molar-refractivity contribution is 7.89. The highest BCUT2D eigenvalue weighted by Crippen LogP contribution is 2.38. The summed E-state index contributed by atoms with van der Waals surface area (Å²) in [6.45, 7) is 8.65. The average molecular weight is 562 g/mol. The van der Waals surface area contributed by atoms with Gasteiger partial charge in [0.05, 0.1) is 10.5 Å². The number of hydrogen-bond donors (Lipinski definition) is 3. The number of amides is 4. The zero-order valence-corrected chi connectivity index (χ0v) is 23.8. The van der Waals surface area contributed by atoms with E-state index < -0.39 is 27.9 Å². The number of fused-ring (bicyclic) bond motifs is 1. The number of nitrogens with zero attached hydrogens (tertiary/aromatic N) is 2. The second kappa shape index (κ2) is 11.5. The average Bonchev–Trinajstić information content (AvgIpc) is 3.25. The molecule has 12 heteroatoms. The van der Waals surface area contributed by atoms with E-state index >= 15 is 0 Å². The van der Waals surface area contributed by atoms with Crippen LogP contribution in [0.2, 0.25) is 0 Å². The van der Waals surface area contributed by atoms with Gasteiger partial charge in [-0.3, -0.25) is 19.8 Å². The largest absolute Gasteiger partial charge is 0.341 e. The lowest BCUT2D eigenvalue weighted by molar-refractivity contribution is 0.0963. The van der Waals surface area contributed by atoms with Crippen LogP contribution in [0.25, 0.3) is 0 Å². The zero-order chi connectivity index (χ0) is 27.6. The van der Waals surface area contributed by atoms with E-state index in [1.54, 1.807) is 0 Å². The van der Waals surface area contributed by atoms with Crippen LogP contribution in [-0.2, 0) is 23.0 Å². The predicted octanol–water partition coefficient (Wildman–Crippen LogP) is 3.26. The van der Waals surface area contributed by atoms with E-state index in [0.29, 0.717) is 48.6 Å². The summed E-state index contributed by atoms with van der Waals surface area (Å²) in [4.78, 5) is 41.4. The molecule has 1 unspecified atom stereocenters. The van der Waals surface area contributed by atoms with Gasteiger partial charge in [0.25, 0.3) is 11.8 Å². The molecule has 4 rings (SSSR count). The van der Waals surface area contributed by atoms with Crippen LogP contribution < -0.4 is 16.0 Å². The van der Waals surface area contributed by atoms with E-state index in [2.05, 4.69) is 34.7 Å². The van der Waals surface area contributed by atoms with Gasteiger partial charge in [0.1, 0.15) is 5.00 Å². The maximum atomic E-state index is 13.2. The van der Waals surface area contributed by atoms with Crippen LogP contribution in [-0.4, -0.2) is 68.2 Å². The van der Waals surface area contributed by atoms with Gasteiger partial charge in [-0.25, -0.2) is 13.2 Å². The zero-order valence-electron chi connectivity index (χ0n) is 22.2. The standard InChI is InChI=1S/C26H35N5O5S2/c1-16(2)30-13-11-20-21(15-30)37-25(22(20)24(33)29-26(34)27-4)28-23(32)18-7-9-19(10-8-18)38(35,36)31-12-5-6-17(3)14-31/h7-10,16-17H,5-6,11-15H2,1-4H3,(H,28,32)(H2,27,29,33,34). The van der Waals surface area contributed by atoms with Crippen LogP contribution in [0.5, 0.6) is 0 Å². The number of thiophene rings is 1. The number of sulfonamides is 1. The van der Waals surface area contributed by atoms with Gasteiger partial charge < -0.3 is 10.6 Å². The van der Waals surface area contributed by atoms with E-state index in [4.69, 9.17) is 0 Å². The first-order chi connectivity index (χ1) is 18.0. The van der Waals surface area contributed by atoms with E-state index in [1.807, 2.05) is 6.92 Å². The molecule has 2 aliphatic rings. The fourth-order valence-electron chi connectivity index (χ4n) is 4.89. The first kappa shape index (κ1) is 28.2. The molecular formula is C26H35N5O5S2. The Kier molecular flexibility index (Phi) is 8.55. The summed E-state index contributed by atoms with van der Waals surface area (Å²) in [7, 11) is -2.21. The van der Waals surface area contributed by atoms with Gasteiger partial charge in [-0.2, -0.15) is 4.31 Å². The number of hydrogen-bond acceptors (Lipinski definition) is 7. The molecule has 206 valence electrons. The molecule has 1 fully saturated rings. The lowest BCUT2D eigenvalue weighted by atomic mass is 10.0. The summed E-state index contributed by atoms with van der Waals surface area (Å²) in [5, 5.41) is 7.89. The Hall–Kier alpha value is -2.80. The molecular weight excluding hydrogens is 526 g/mol.